The number of hydrogen-bond donors (Lipinski definition) is 2. The highest BCUT2D eigenvalue weighted by molar-refractivity contribution is 5.85. The van der Waals surface area contributed by atoms with Gasteiger partial charge in [-0.05, 0) is 30.9 Å². The molecule has 0 aliphatic rings. The molecule has 0 saturated heterocycles. The van der Waals surface area contributed by atoms with E-state index in [4.69, 9.17) is 10.5 Å². The Bertz CT molecular complexity index is 433. The van der Waals surface area contributed by atoms with Crippen LogP contribution in [0, 0.1) is 0 Å². The van der Waals surface area contributed by atoms with Gasteiger partial charge in [-0.1, -0.05) is 38.1 Å². The van der Waals surface area contributed by atoms with Gasteiger partial charge in [0.25, 0.3) is 0 Å². The van der Waals surface area contributed by atoms with Gasteiger partial charge in [0, 0.05) is 19.0 Å². The second-order valence-corrected chi connectivity index (χ2v) is 5.90. The van der Waals surface area contributed by atoms with Crippen LogP contribution in [-0.4, -0.2) is 25.2 Å². The number of halogens is 1. The maximum Gasteiger partial charge on any atom is 0.222 e. The minimum absolute atomic E-state index is 0. The predicted molar refractivity (Wildman–Crippen MR) is 93.4 cm³/mol. The van der Waals surface area contributed by atoms with E-state index >= 15 is 0 Å². The third-order valence-corrected chi connectivity index (χ3v) is 3.33. The summed E-state index contributed by atoms with van der Waals surface area (Å²) in [5, 5.41) is 2.85. The molecule has 0 fully saturated rings. The molecule has 0 aromatic heterocycles. The summed E-state index contributed by atoms with van der Waals surface area (Å²) >= 11 is 0. The summed E-state index contributed by atoms with van der Waals surface area (Å²) in [6, 6.07) is 8.08. The number of benzene rings is 1. The fourth-order valence-corrected chi connectivity index (χ4v) is 1.95. The summed E-state index contributed by atoms with van der Waals surface area (Å²) in [6.45, 7) is 9.12. The van der Waals surface area contributed by atoms with Crippen LogP contribution in [0.3, 0.4) is 0 Å². The molecule has 0 saturated carbocycles. The highest BCUT2D eigenvalue weighted by atomic mass is 35.5. The first-order valence-electron chi connectivity index (χ1n) is 7.64. The van der Waals surface area contributed by atoms with E-state index in [1.165, 1.54) is 5.56 Å². The fourth-order valence-electron chi connectivity index (χ4n) is 1.95. The average Bonchev–Trinajstić information content (AvgIpc) is 2.44. The molecular weight excluding hydrogens is 300 g/mol. The molecule has 0 aliphatic heterocycles. The standard InChI is InChI=1S/C17H28N2O2.ClH/c1-12(2)14-5-7-15(8-6-14)16(18)11-19-17(20)9-10-21-13(3)4;/h5-8,12-13,16H,9-11,18H2,1-4H3,(H,19,20);1H. The molecule has 0 heterocycles. The van der Waals surface area contributed by atoms with Gasteiger partial charge in [-0.15, -0.1) is 12.4 Å². The molecule has 0 aliphatic carbocycles. The third kappa shape index (κ3) is 7.78. The fraction of sp³-hybridized carbons (Fsp3) is 0.588. The van der Waals surface area contributed by atoms with Crippen molar-refractivity contribution >= 4 is 18.3 Å². The van der Waals surface area contributed by atoms with Crippen molar-refractivity contribution in [3.05, 3.63) is 35.4 Å². The molecule has 126 valence electrons. The zero-order chi connectivity index (χ0) is 15.8. The SMILES string of the molecule is CC(C)OCCC(=O)NCC(N)c1ccc(C(C)C)cc1.Cl. The number of hydrogen-bond acceptors (Lipinski definition) is 3. The van der Waals surface area contributed by atoms with Crippen LogP contribution in [0.1, 0.15) is 57.2 Å². The van der Waals surface area contributed by atoms with Crippen LogP contribution >= 0.6 is 12.4 Å². The van der Waals surface area contributed by atoms with Crippen LogP contribution in [0.25, 0.3) is 0 Å². The summed E-state index contributed by atoms with van der Waals surface area (Å²) < 4.78 is 5.35. The van der Waals surface area contributed by atoms with Gasteiger partial charge in [0.2, 0.25) is 5.91 Å². The smallest absolute Gasteiger partial charge is 0.222 e. The normalized spacial score (nSPS) is 12.1. The van der Waals surface area contributed by atoms with Crippen LogP contribution in [0.4, 0.5) is 0 Å². The first-order valence-corrected chi connectivity index (χ1v) is 7.64. The Morgan fingerprint density at radius 1 is 1.14 bits per heavy atom. The number of rotatable bonds is 8. The highest BCUT2D eigenvalue weighted by Crippen LogP contribution is 2.17. The highest BCUT2D eigenvalue weighted by Gasteiger charge is 2.09. The topological polar surface area (TPSA) is 64.3 Å². The Balaban J connectivity index is 0.00000441. The lowest BCUT2D eigenvalue weighted by atomic mass is 9.99. The van der Waals surface area contributed by atoms with E-state index in [-0.39, 0.29) is 30.5 Å². The van der Waals surface area contributed by atoms with Gasteiger partial charge in [-0.3, -0.25) is 4.79 Å². The van der Waals surface area contributed by atoms with Crippen molar-refractivity contribution in [2.45, 2.75) is 52.2 Å². The van der Waals surface area contributed by atoms with Crippen LogP contribution in [-0.2, 0) is 9.53 Å². The Morgan fingerprint density at radius 3 is 2.18 bits per heavy atom. The Hall–Kier alpha value is -1.10. The van der Waals surface area contributed by atoms with E-state index in [9.17, 15) is 4.79 Å². The van der Waals surface area contributed by atoms with Crippen molar-refractivity contribution < 1.29 is 9.53 Å². The molecular formula is C17H29ClN2O2. The molecule has 0 radical (unpaired) electrons. The Kier molecular flexibility index (Phi) is 10.1. The lowest BCUT2D eigenvalue weighted by Crippen LogP contribution is -2.32. The van der Waals surface area contributed by atoms with Crippen LogP contribution in [0.2, 0.25) is 0 Å². The molecule has 0 bridgehead atoms. The van der Waals surface area contributed by atoms with Gasteiger partial charge >= 0.3 is 0 Å². The van der Waals surface area contributed by atoms with Crippen LogP contribution < -0.4 is 11.1 Å². The number of nitrogens with two attached hydrogens (primary N) is 1. The molecule has 5 heteroatoms. The van der Waals surface area contributed by atoms with Crippen molar-refractivity contribution in [1.29, 1.82) is 0 Å². The molecule has 1 aromatic rings. The molecule has 1 unspecified atom stereocenters. The van der Waals surface area contributed by atoms with Gasteiger partial charge in [-0.25, -0.2) is 0 Å². The molecule has 1 aromatic carbocycles. The minimum Gasteiger partial charge on any atom is -0.378 e. The molecule has 1 rings (SSSR count). The Morgan fingerprint density at radius 2 is 1.68 bits per heavy atom. The van der Waals surface area contributed by atoms with E-state index in [0.29, 0.717) is 25.5 Å². The first kappa shape index (κ1) is 20.9. The number of ether oxygens (including phenoxy) is 1. The van der Waals surface area contributed by atoms with Crippen molar-refractivity contribution in [3.8, 4) is 0 Å². The lowest BCUT2D eigenvalue weighted by Gasteiger charge is -2.15. The second kappa shape index (κ2) is 10.6. The van der Waals surface area contributed by atoms with Gasteiger partial charge in [-0.2, -0.15) is 0 Å². The molecule has 0 spiro atoms. The molecule has 3 N–H and O–H groups in total. The largest absolute Gasteiger partial charge is 0.378 e. The van der Waals surface area contributed by atoms with Gasteiger partial charge in [0.15, 0.2) is 0 Å². The van der Waals surface area contributed by atoms with Crippen molar-refractivity contribution in [2.75, 3.05) is 13.2 Å². The number of carbonyl (C=O) groups excluding carboxylic acids is 1. The summed E-state index contributed by atoms with van der Waals surface area (Å²) in [4.78, 5) is 11.7. The second-order valence-electron chi connectivity index (χ2n) is 5.90. The number of amides is 1. The van der Waals surface area contributed by atoms with Crippen molar-refractivity contribution in [1.82, 2.24) is 5.32 Å². The van der Waals surface area contributed by atoms with E-state index in [1.54, 1.807) is 0 Å². The van der Waals surface area contributed by atoms with Gasteiger partial charge < -0.3 is 15.8 Å². The summed E-state index contributed by atoms with van der Waals surface area (Å²) in [5.41, 5.74) is 8.43. The van der Waals surface area contributed by atoms with E-state index < -0.39 is 0 Å². The zero-order valence-corrected chi connectivity index (χ0v) is 14.8. The maximum atomic E-state index is 11.7. The predicted octanol–water partition coefficient (Wildman–Crippen LogP) is 3.16. The monoisotopic (exact) mass is 328 g/mol. The van der Waals surface area contributed by atoms with E-state index in [2.05, 4.69) is 31.3 Å². The third-order valence-electron chi connectivity index (χ3n) is 3.33. The summed E-state index contributed by atoms with van der Waals surface area (Å²) in [5.74, 6) is 0.487. The van der Waals surface area contributed by atoms with Crippen LogP contribution in [0.5, 0.6) is 0 Å². The van der Waals surface area contributed by atoms with Gasteiger partial charge in [0.1, 0.15) is 0 Å². The summed E-state index contributed by atoms with van der Waals surface area (Å²) in [6.07, 6.45) is 0.525. The van der Waals surface area contributed by atoms with Crippen LogP contribution in [0.15, 0.2) is 24.3 Å². The average molecular weight is 329 g/mol. The first-order chi connectivity index (χ1) is 9.90. The molecule has 1 atom stereocenters. The van der Waals surface area contributed by atoms with Gasteiger partial charge in [0.05, 0.1) is 12.7 Å². The quantitative estimate of drug-likeness (QED) is 0.770. The van der Waals surface area contributed by atoms with Crippen molar-refractivity contribution in [3.63, 3.8) is 0 Å². The molecule has 1 amide bonds. The zero-order valence-electron chi connectivity index (χ0n) is 14.0. The summed E-state index contributed by atoms with van der Waals surface area (Å²) in [7, 11) is 0. The van der Waals surface area contributed by atoms with E-state index in [0.717, 1.165) is 5.56 Å². The molecule has 22 heavy (non-hydrogen) atoms. The Labute approximate surface area is 140 Å². The van der Waals surface area contributed by atoms with E-state index in [1.807, 2.05) is 26.0 Å². The number of nitrogens with one attached hydrogen (secondary N) is 1. The minimum atomic E-state index is -0.179. The lowest BCUT2D eigenvalue weighted by molar-refractivity contribution is -0.122. The molecule has 4 nitrogen and oxygen atoms in total. The van der Waals surface area contributed by atoms with Crippen molar-refractivity contribution in [2.24, 2.45) is 5.73 Å². The number of carbonyl (C=O) groups is 1. The maximum absolute atomic E-state index is 11.7.